The number of rotatable bonds is 6. The normalized spacial score (nSPS) is 22.8. The number of pyridine rings is 1. The topological polar surface area (TPSA) is 115 Å². The van der Waals surface area contributed by atoms with E-state index in [1.807, 2.05) is 0 Å². The number of piperidine rings is 1. The van der Waals surface area contributed by atoms with Gasteiger partial charge < -0.3 is 15.0 Å². The molecule has 2 saturated heterocycles. The Labute approximate surface area is 191 Å². The number of hydrogen-bond acceptors (Lipinski definition) is 6. The summed E-state index contributed by atoms with van der Waals surface area (Å²) in [4.78, 5) is 19.3. The first-order chi connectivity index (χ1) is 15.4. The number of benzene rings is 1. The fourth-order valence-corrected chi connectivity index (χ4v) is 5.06. The zero-order valence-corrected chi connectivity index (χ0v) is 19.1. The zero-order valence-electron chi connectivity index (χ0n) is 18.3. The third kappa shape index (κ3) is 4.93. The first kappa shape index (κ1) is 23.4. The molecule has 2 fully saturated rings. The summed E-state index contributed by atoms with van der Waals surface area (Å²) in [5.41, 5.74) is -1.36. The van der Waals surface area contributed by atoms with Crippen molar-refractivity contribution in [1.29, 1.82) is 0 Å². The van der Waals surface area contributed by atoms with Crippen LogP contribution in [0.2, 0.25) is 0 Å². The molecule has 0 aliphatic carbocycles. The van der Waals surface area contributed by atoms with Crippen LogP contribution in [0.25, 0.3) is 0 Å². The van der Waals surface area contributed by atoms with Gasteiger partial charge in [0.25, 0.3) is 5.91 Å². The Morgan fingerprint density at radius 3 is 2.39 bits per heavy atom. The van der Waals surface area contributed by atoms with Crippen molar-refractivity contribution in [3.63, 3.8) is 0 Å². The molecule has 0 saturated carbocycles. The third-order valence-corrected chi connectivity index (χ3v) is 7.09. The van der Waals surface area contributed by atoms with Crippen LogP contribution >= 0.6 is 0 Å². The first-order valence-electron chi connectivity index (χ1n) is 10.7. The average molecular weight is 481 g/mol. The van der Waals surface area contributed by atoms with Gasteiger partial charge in [-0.1, -0.05) is 0 Å². The maximum Gasteiger partial charge on any atom is 0.263 e. The summed E-state index contributed by atoms with van der Waals surface area (Å²) in [6.07, 6.45) is 4.47. The smallest absolute Gasteiger partial charge is 0.263 e. The van der Waals surface area contributed by atoms with Crippen molar-refractivity contribution in [2.75, 3.05) is 4.90 Å². The number of primary sulfonamides is 1. The largest absolute Gasteiger partial charge is 0.475 e. The molecule has 3 N–H and O–H groups in total. The fourth-order valence-electron chi connectivity index (χ4n) is 4.60. The van der Waals surface area contributed by atoms with E-state index in [0.717, 1.165) is 25.0 Å². The summed E-state index contributed by atoms with van der Waals surface area (Å²) in [5, 5.41) is 8.15. The number of aromatic nitrogens is 1. The highest BCUT2D eigenvalue weighted by Crippen LogP contribution is 2.39. The van der Waals surface area contributed by atoms with Crippen molar-refractivity contribution < 1.29 is 26.7 Å². The number of nitrogens with two attached hydrogens (primary N) is 1. The minimum absolute atomic E-state index is 0.0411. The van der Waals surface area contributed by atoms with Crippen LogP contribution in [-0.2, 0) is 14.8 Å². The second kappa shape index (κ2) is 8.53. The predicted octanol–water partition coefficient (Wildman–Crippen LogP) is 2.48. The maximum atomic E-state index is 14.0. The van der Waals surface area contributed by atoms with Crippen LogP contribution in [0.4, 0.5) is 14.6 Å². The maximum absolute atomic E-state index is 14.0. The number of fused-ring (bicyclic) bond motifs is 2. The van der Waals surface area contributed by atoms with Crippen LogP contribution in [0.1, 0.15) is 39.5 Å². The van der Waals surface area contributed by atoms with Crippen LogP contribution < -0.4 is 20.1 Å². The number of hydrogen-bond donors (Lipinski definition) is 2. The molecule has 3 atom stereocenters. The first-order valence-corrected chi connectivity index (χ1v) is 12.2. The number of halogens is 2. The molecule has 0 radical (unpaired) electrons. The lowest BCUT2D eigenvalue weighted by Crippen LogP contribution is -2.55. The minimum Gasteiger partial charge on any atom is -0.475 e. The number of amides is 1. The van der Waals surface area contributed by atoms with E-state index in [0.29, 0.717) is 24.7 Å². The van der Waals surface area contributed by atoms with Crippen molar-refractivity contribution in [1.82, 2.24) is 10.3 Å². The second-order valence-electron chi connectivity index (χ2n) is 9.02. The Kier molecular flexibility index (Phi) is 6.04. The highest BCUT2D eigenvalue weighted by molar-refractivity contribution is 7.89. The van der Waals surface area contributed by atoms with E-state index in [2.05, 4.69) is 15.2 Å². The van der Waals surface area contributed by atoms with Gasteiger partial charge in [-0.3, -0.25) is 4.79 Å². The van der Waals surface area contributed by atoms with Gasteiger partial charge >= 0.3 is 0 Å². The molecule has 3 heterocycles. The molecule has 2 bridgehead atoms. The number of carbonyl (C=O) groups excluding carboxylic acids is 1. The minimum atomic E-state index is -3.81. The molecular formula is C22H26F2N4O4S. The van der Waals surface area contributed by atoms with E-state index in [1.165, 1.54) is 26.1 Å². The Bertz CT molecular complexity index is 1140. The SMILES string of the molecule is CC(C)(Oc1ccc(F)cc1F)C(=O)N[C@H]1C[C@H]2CC[C@@H](C1)N2c1ccc(S(N)(=O)=O)cn1. The van der Waals surface area contributed by atoms with E-state index in [4.69, 9.17) is 9.88 Å². The van der Waals surface area contributed by atoms with Crippen LogP contribution in [0.5, 0.6) is 5.75 Å². The summed E-state index contributed by atoms with van der Waals surface area (Å²) >= 11 is 0. The highest BCUT2D eigenvalue weighted by atomic mass is 32.2. The van der Waals surface area contributed by atoms with Crippen molar-refractivity contribution >= 4 is 21.7 Å². The molecule has 2 aromatic rings. The van der Waals surface area contributed by atoms with E-state index in [-0.39, 0.29) is 34.7 Å². The monoisotopic (exact) mass is 480 g/mol. The van der Waals surface area contributed by atoms with E-state index >= 15 is 0 Å². The van der Waals surface area contributed by atoms with Gasteiger partial charge in [0.15, 0.2) is 17.2 Å². The Morgan fingerprint density at radius 1 is 1.18 bits per heavy atom. The number of anilines is 1. The van der Waals surface area contributed by atoms with Gasteiger partial charge in [0, 0.05) is 30.4 Å². The lowest BCUT2D eigenvalue weighted by atomic mass is 9.96. The van der Waals surface area contributed by atoms with Crippen LogP contribution in [-0.4, -0.2) is 43.0 Å². The molecule has 1 aromatic carbocycles. The zero-order chi connectivity index (χ0) is 24.0. The van der Waals surface area contributed by atoms with Crippen molar-refractivity contribution in [3.05, 3.63) is 48.2 Å². The summed E-state index contributed by atoms with van der Waals surface area (Å²) in [7, 11) is -3.81. The molecule has 4 rings (SSSR count). The number of nitrogens with one attached hydrogen (secondary N) is 1. The van der Waals surface area contributed by atoms with Gasteiger partial charge in [-0.25, -0.2) is 27.3 Å². The van der Waals surface area contributed by atoms with Gasteiger partial charge in [-0.15, -0.1) is 0 Å². The summed E-state index contributed by atoms with van der Waals surface area (Å²) in [6.45, 7) is 3.07. The number of nitrogens with zero attached hydrogens (tertiary/aromatic N) is 2. The Morgan fingerprint density at radius 2 is 1.85 bits per heavy atom. The predicted molar refractivity (Wildman–Crippen MR) is 117 cm³/mol. The summed E-state index contributed by atoms with van der Waals surface area (Å²) in [6, 6.07) is 6.21. The Hall–Kier alpha value is -2.79. The number of ether oxygens (including phenoxy) is 1. The fraction of sp³-hybridized carbons (Fsp3) is 0.455. The van der Waals surface area contributed by atoms with Crippen molar-refractivity contribution in [2.24, 2.45) is 5.14 Å². The van der Waals surface area contributed by atoms with Gasteiger partial charge in [0.2, 0.25) is 10.0 Å². The molecule has 2 aliphatic rings. The molecule has 2 aliphatic heterocycles. The molecule has 1 amide bonds. The highest BCUT2D eigenvalue weighted by Gasteiger charge is 2.43. The molecule has 0 spiro atoms. The van der Waals surface area contributed by atoms with Crippen molar-refractivity contribution in [3.8, 4) is 5.75 Å². The number of sulfonamides is 1. The molecule has 8 nitrogen and oxygen atoms in total. The second-order valence-corrected chi connectivity index (χ2v) is 10.6. The van der Waals surface area contributed by atoms with Crippen LogP contribution in [0.3, 0.4) is 0 Å². The number of carbonyl (C=O) groups is 1. The quantitative estimate of drug-likeness (QED) is 0.657. The molecule has 1 aromatic heterocycles. The molecule has 33 heavy (non-hydrogen) atoms. The third-order valence-electron chi connectivity index (χ3n) is 6.19. The Balaban J connectivity index is 1.41. The van der Waals surface area contributed by atoms with Crippen LogP contribution in [0.15, 0.2) is 41.4 Å². The van der Waals surface area contributed by atoms with E-state index in [9.17, 15) is 22.0 Å². The van der Waals surface area contributed by atoms with Gasteiger partial charge in [-0.05, 0) is 63.8 Å². The lowest BCUT2D eigenvalue weighted by molar-refractivity contribution is -0.135. The average Bonchev–Trinajstić information content (AvgIpc) is 3.00. The van der Waals surface area contributed by atoms with Gasteiger partial charge in [0.05, 0.1) is 0 Å². The van der Waals surface area contributed by atoms with Gasteiger partial charge in [0.1, 0.15) is 16.5 Å². The molecule has 11 heteroatoms. The lowest BCUT2D eigenvalue weighted by Gasteiger charge is -2.40. The summed E-state index contributed by atoms with van der Waals surface area (Å²) in [5.74, 6) is -1.50. The summed E-state index contributed by atoms with van der Waals surface area (Å²) < 4.78 is 55.6. The standard InChI is InChI=1S/C22H26F2N4O4S/c1-22(2,32-19-7-3-13(23)9-18(19)24)21(29)27-14-10-15-4-5-16(11-14)28(15)20-8-6-17(12-26-20)33(25,30)31/h3,6-9,12,14-16H,4-5,10-11H2,1-2H3,(H,27,29)(H2,25,30,31)/t14-,15+,16-. The van der Waals surface area contributed by atoms with Crippen LogP contribution in [0, 0.1) is 11.6 Å². The van der Waals surface area contributed by atoms with Crippen molar-refractivity contribution in [2.45, 2.75) is 68.2 Å². The van der Waals surface area contributed by atoms with E-state index < -0.39 is 27.3 Å². The molecular weight excluding hydrogens is 454 g/mol. The molecule has 178 valence electrons. The van der Waals surface area contributed by atoms with E-state index in [1.54, 1.807) is 6.07 Å². The molecule has 0 unspecified atom stereocenters. The van der Waals surface area contributed by atoms with Gasteiger partial charge in [-0.2, -0.15) is 0 Å².